The van der Waals surface area contributed by atoms with E-state index in [1.165, 1.54) is 6.42 Å². The van der Waals surface area contributed by atoms with E-state index in [4.69, 9.17) is 45.0 Å². The number of rotatable bonds is 4. The molecule has 0 bridgehead atoms. The first-order chi connectivity index (χ1) is 10.3. The first-order valence-electron chi connectivity index (χ1n) is 7.83. The molecule has 0 aromatic heterocycles. The number of aliphatic hydroxyl groups excluding tert-OH is 3. The van der Waals surface area contributed by atoms with Gasteiger partial charge in [0, 0.05) is 18.2 Å². The molecule has 1 rings (SSSR count). The monoisotopic (exact) mass is 408 g/mol. The zero-order chi connectivity index (χ0) is 17.5. The molecule has 1 aliphatic carbocycles. The van der Waals surface area contributed by atoms with Crippen molar-refractivity contribution in [2.24, 2.45) is 5.92 Å². The van der Waals surface area contributed by atoms with Gasteiger partial charge in [0.25, 0.3) is 0 Å². The molecule has 1 aliphatic rings. The molecule has 0 heterocycles. The largest absolute Gasteiger partial charge is 0.513 e. The van der Waals surface area contributed by atoms with Crippen molar-refractivity contribution >= 4 is 34.8 Å². The van der Waals surface area contributed by atoms with Crippen LogP contribution < -0.4 is 0 Å². The first-order valence-corrected chi connectivity index (χ1v) is 9.34. The maximum Gasteiger partial charge on any atom is 0.0892 e. The van der Waals surface area contributed by atoms with Crippen LogP contribution in [0.15, 0.2) is 11.8 Å². The molecule has 1 fully saturated rings. The summed E-state index contributed by atoms with van der Waals surface area (Å²) < 4.78 is 0. The van der Waals surface area contributed by atoms with Crippen molar-refractivity contribution in [3.05, 3.63) is 11.8 Å². The molecule has 6 heteroatoms. The molecular formula is C18H39Cl3O3. The lowest BCUT2D eigenvalue weighted by molar-refractivity contribution is 0.0833. The van der Waals surface area contributed by atoms with Crippen LogP contribution in [0.25, 0.3) is 0 Å². The Bertz CT molecular complexity index is 262. The van der Waals surface area contributed by atoms with E-state index in [9.17, 15) is 5.11 Å². The Morgan fingerprint density at radius 2 is 1.75 bits per heavy atom. The van der Waals surface area contributed by atoms with Crippen LogP contribution in [0.1, 0.15) is 67.7 Å². The molecular weight excluding hydrogens is 371 g/mol. The van der Waals surface area contributed by atoms with Crippen molar-refractivity contribution in [2.75, 3.05) is 11.8 Å². The van der Waals surface area contributed by atoms with Gasteiger partial charge in [-0.1, -0.05) is 42.0 Å². The molecule has 0 amide bonds. The molecule has 0 spiro atoms. The second kappa shape index (κ2) is 21.4. The van der Waals surface area contributed by atoms with Crippen LogP contribution in [0, 0.1) is 5.92 Å². The Labute approximate surface area is 165 Å². The van der Waals surface area contributed by atoms with Crippen molar-refractivity contribution in [3.63, 3.8) is 0 Å². The molecule has 1 saturated carbocycles. The number of allylic oxidation sites excluding steroid dienone is 2. The minimum Gasteiger partial charge on any atom is -0.513 e. The normalized spacial score (nSPS) is 24.0. The second-order valence-electron chi connectivity index (χ2n) is 5.33. The van der Waals surface area contributed by atoms with Gasteiger partial charge in [0.1, 0.15) is 0 Å². The van der Waals surface area contributed by atoms with E-state index in [-0.39, 0.29) is 32.4 Å². The Hall–Kier alpha value is 0.330. The van der Waals surface area contributed by atoms with Gasteiger partial charge in [0.05, 0.1) is 23.3 Å². The highest BCUT2D eigenvalue weighted by atomic mass is 35.5. The van der Waals surface area contributed by atoms with Gasteiger partial charge < -0.3 is 15.3 Å². The summed E-state index contributed by atoms with van der Waals surface area (Å²) in [4.78, 5) is 0. The number of aliphatic hydroxyl groups is 3. The van der Waals surface area contributed by atoms with E-state index in [0.29, 0.717) is 29.9 Å². The van der Waals surface area contributed by atoms with E-state index in [1.54, 1.807) is 6.08 Å². The lowest BCUT2D eigenvalue weighted by atomic mass is 9.88. The van der Waals surface area contributed by atoms with Gasteiger partial charge in [-0.15, -0.1) is 34.8 Å². The van der Waals surface area contributed by atoms with Crippen molar-refractivity contribution in [2.45, 2.75) is 85.3 Å². The fourth-order valence-corrected chi connectivity index (χ4v) is 2.47. The average molecular weight is 410 g/mol. The van der Waals surface area contributed by atoms with Gasteiger partial charge in [0.2, 0.25) is 0 Å². The Kier molecular flexibility index (Phi) is 28.5. The summed E-state index contributed by atoms with van der Waals surface area (Å²) in [6.45, 7) is 5.82. The molecule has 0 aliphatic heterocycles. The van der Waals surface area contributed by atoms with Crippen LogP contribution in [-0.4, -0.2) is 44.7 Å². The van der Waals surface area contributed by atoms with Crippen LogP contribution in [-0.2, 0) is 0 Å². The number of alkyl halides is 3. The molecule has 150 valence electrons. The summed E-state index contributed by atoms with van der Waals surface area (Å²) >= 11 is 16.3. The molecule has 4 atom stereocenters. The van der Waals surface area contributed by atoms with Gasteiger partial charge in [0.15, 0.2) is 0 Å². The van der Waals surface area contributed by atoms with E-state index >= 15 is 0 Å². The van der Waals surface area contributed by atoms with E-state index in [2.05, 4.69) is 6.92 Å². The standard InChI is InChI=1S/C7H13ClO.C5H9ClO.C4H9ClO.2CH4/c1-5-3-2-4-6(8)7(5)9;1-2-5(7)3-4-6;1-2-4(6)3-5;;/h5-7,9H,2-4H2,1H3;3,7H,2,4H2,1H3;4,6H,2-3H2,1H3;2*1H4/b;5-3-;;;. The number of halogens is 3. The third-order valence-electron chi connectivity index (χ3n) is 3.42. The molecule has 3 nitrogen and oxygen atoms in total. The van der Waals surface area contributed by atoms with Crippen LogP contribution >= 0.6 is 34.8 Å². The third kappa shape index (κ3) is 18.7. The first kappa shape index (κ1) is 32.0. The second-order valence-corrected chi connectivity index (χ2v) is 6.51. The molecule has 3 N–H and O–H groups in total. The van der Waals surface area contributed by atoms with Gasteiger partial charge in [-0.05, 0) is 31.3 Å². The third-order valence-corrected chi connectivity index (χ3v) is 4.40. The minimum atomic E-state index is -0.299. The SMILES string of the molecule is C.C.CC/C(O)=C/CCl.CC1CCCC(Cl)C1O.CCC(O)CCl. The van der Waals surface area contributed by atoms with Crippen LogP contribution in [0.4, 0.5) is 0 Å². The van der Waals surface area contributed by atoms with Crippen molar-refractivity contribution in [1.29, 1.82) is 0 Å². The predicted molar refractivity (Wildman–Crippen MR) is 111 cm³/mol. The zero-order valence-corrected chi connectivity index (χ0v) is 16.1. The zero-order valence-electron chi connectivity index (χ0n) is 13.8. The Morgan fingerprint density at radius 3 is 1.96 bits per heavy atom. The van der Waals surface area contributed by atoms with E-state index in [0.717, 1.165) is 19.3 Å². The smallest absolute Gasteiger partial charge is 0.0892 e. The van der Waals surface area contributed by atoms with Crippen LogP contribution in [0.2, 0.25) is 0 Å². The van der Waals surface area contributed by atoms with E-state index in [1.807, 2.05) is 13.8 Å². The number of hydrogen-bond donors (Lipinski definition) is 3. The molecule has 4 unspecified atom stereocenters. The fourth-order valence-electron chi connectivity index (χ4n) is 1.68. The summed E-state index contributed by atoms with van der Waals surface area (Å²) in [5.74, 6) is 1.53. The Morgan fingerprint density at radius 1 is 1.21 bits per heavy atom. The highest BCUT2D eigenvalue weighted by molar-refractivity contribution is 6.21. The van der Waals surface area contributed by atoms with Gasteiger partial charge in [-0.2, -0.15) is 0 Å². The molecule has 0 aromatic rings. The lowest BCUT2D eigenvalue weighted by Gasteiger charge is -2.28. The van der Waals surface area contributed by atoms with Gasteiger partial charge in [-0.3, -0.25) is 0 Å². The lowest BCUT2D eigenvalue weighted by Crippen LogP contribution is -2.32. The summed E-state index contributed by atoms with van der Waals surface area (Å²) in [5, 5.41) is 26.5. The number of hydrogen-bond acceptors (Lipinski definition) is 3. The Balaban J connectivity index is -0.000000123. The maximum atomic E-state index is 9.31. The van der Waals surface area contributed by atoms with Gasteiger partial charge >= 0.3 is 0 Å². The maximum absolute atomic E-state index is 9.31. The molecule has 0 aromatic carbocycles. The fraction of sp³-hybridized carbons (Fsp3) is 0.889. The topological polar surface area (TPSA) is 60.7 Å². The van der Waals surface area contributed by atoms with Crippen LogP contribution in [0.5, 0.6) is 0 Å². The highest BCUT2D eigenvalue weighted by Crippen LogP contribution is 2.27. The summed E-state index contributed by atoms with van der Waals surface area (Å²) in [7, 11) is 0. The average Bonchev–Trinajstić information content (AvgIpc) is 2.53. The van der Waals surface area contributed by atoms with Crippen molar-refractivity contribution in [1.82, 2.24) is 0 Å². The summed E-state index contributed by atoms with van der Waals surface area (Å²) in [5.41, 5.74) is 0. The summed E-state index contributed by atoms with van der Waals surface area (Å²) in [6, 6.07) is 0. The highest BCUT2D eigenvalue weighted by Gasteiger charge is 2.26. The molecule has 24 heavy (non-hydrogen) atoms. The summed E-state index contributed by atoms with van der Waals surface area (Å²) in [6.07, 6.45) is 5.73. The van der Waals surface area contributed by atoms with Crippen LogP contribution in [0.3, 0.4) is 0 Å². The molecule has 0 radical (unpaired) electrons. The van der Waals surface area contributed by atoms with E-state index < -0.39 is 0 Å². The predicted octanol–water partition coefficient (Wildman–Crippen LogP) is 6.12. The quantitative estimate of drug-likeness (QED) is 0.387. The molecule has 0 saturated heterocycles. The minimum absolute atomic E-state index is 0. The van der Waals surface area contributed by atoms with Crippen molar-refractivity contribution < 1.29 is 15.3 Å². The van der Waals surface area contributed by atoms with Gasteiger partial charge in [-0.25, -0.2) is 0 Å². The van der Waals surface area contributed by atoms with Crippen molar-refractivity contribution in [3.8, 4) is 0 Å².